The Hall–Kier alpha value is -2.89. The average Bonchev–Trinajstić information content (AvgIpc) is 2.97. The van der Waals surface area contributed by atoms with Crippen molar-refractivity contribution in [1.82, 2.24) is 0 Å². The summed E-state index contributed by atoms with van der Waals surface area (Å²) in [5, 5.41) is 11.3. The molecule has 0 spiro atoms. The van der Waals surface area contributed by atoms with Crippen LogP contribution in [-0.2, 0) is 6.42 Å². The van der Waals surface area contributed by atoms with Gasteiger partial charge in [-0.05, 0) is 42.7 Å². The van der Waals surface area contributed by atoms with Crippen LogP contribution in [0, 0.1) is 17.0 Å². The summed E-state index contributed by atoms with van der Waals surface area (Å²) in [5.41, 5.74) is 2.56. The Labute approximate surface area is 133 Å². The van der Waals surface area contributed by atoms with Crippen molar-refractivity contribution in [1.29, 1.82) is 0 Å². The average molecular weight is 312 g/mol. The number of methoxy groups -OCH3 is 1. The van der Waals surface area contributed by atoms with E-state index in [1.165, 1.54) is 11.0 Å². The van der Waals surface area contributed by atoms with Gasteiger partial charge in [-0.2, -0.15) is 0 Å². The zero-order valence-electron chi connectivity index (χ0n) is 12.9. The second kappa shape index (κ2) is 5.72. The summed E-state index contributed by atoms with van der Waals surface area (Å²) in [4.78, 5) is 25.1. The number of rotatable bonds is 3. The highest BCUT2D eigenvalue weighted by Gasteiger charge is 2.32. The van der Waals surface area contributed by atoms with Crippen LogP contribution in [-0.4, -0.2) is 24.5 Å². The number of anilines is 1. The Kier molecular flexibility index (Phi) is 3.73. The molecule has 1 aliphatic heterocycles. The van der Waals surface area contributed by atoms with Crippen LogP contribution >= 0.6 is 0 Å². The lowest BCUT2D eigenvalue weighted by molar-refractivity contribution is -0.384. The molecule has 2 aromatic rings. The minimum absolute atomic E-state index is 0.0291. The van der Waals surface area contributed by atoms with Crippen LogP contribution in [0.5, 0.6) is 5.75 Å². The van der Waals surface area contributed by atoms with Gasteiger partial charge in [0.05, 0.1) is 12.0 Å². The molecule has 0 radical (unpaired) electrons. The second-order valence-electron chi connectivity index (χ2n) is 5.43. The van der Waals surface area contributed by atoms with Gasteiger partial charge in [-0.3, -0.25) is 14.9 Å². The number of benzene rings is 2. The molecular formula is C17H16N2O4. The number of carbonyl (C=O) groups is 1. The van der Waals surface area contributed by atoms with Gasteiger partial charge in [0, 0.05) is 18.2 Å². The summed E-state index contributed by atoms with van der Waals surface area (Å²) in [5.74, 6) is 0.471. The van der Waals surface area contributed by atoms with Gasteiger partial charge in [0.2, 0.25) is 0 Å². The molecule has 6 heteroatoms. The summed E-state index contributed by atoms with van der Waals surface area (Å²) in [6.45, 7) is 2.31. The van der Waals surface area contributed by atoms with Gasteiger partial charge >= 0.3 is 0 Å². The van der Waals surface area contributed by atoms with E-state index in [9.17, 15) is 14.9 Å². The predicted molar refractivity (Wildman–Crippen MR) is 86.2 cm³/mol. The van der Waals surface area contributed by atoms with Crippen molar-refractivity contribution in [2.45, 2.75) is 13.3 Å². The molecule has 0 saturated carbocycles. The summed E-state index contributed by atoms with van der Waals surface area (Å²) in [6, 6.07) is 10.1. The minimum Gasteiger partial charge on any atom is -0.496 e. The highest BCUT2D eigenvalue weighted by Crippen LogP contribution is 2.37. The zero-order chi connectivity index (χ0) is 16.6. The number of nitrogens with zero attached hydrogens (tertiary/aromatic N) is 2. The Balaban J connectivity index is 2.01. The molecule has 3 rings (SSSR count). The zero-order valence-corrected chi connectivity index (χ0v) is 12.9. The van der Waals surface area contributed by atoms with Crippen molar-refractivity contribution in [3.8, 4) is 5.75 Å². The van der Waals surface area contributed by atoms with Crippen molar-refractivity contribution >= 4 is 17.3 Å². The van der Waals surface area contributed by atoms with E-state index in [1.807, 2.05) is 13.0 Å². The number of fused-ring (bicyclic) bond motifs is 1. The molecule has 0 aliphatic carbocycles. The van der Waals surface area contributed by atoms with Crippen LogP contribution in [0.3, 0.4) is 0 Å². The number of carbonyl (C=O) groups excluding carboxylic acids is 1. The van der Waals surface area contributed by atoms with Crippen molar-refractivity contribution in [3.05, 3.63) is 63.2 Å². The lowest BCUT2D eigenvalue weighted by Crippen LogP contribution is -2.29. The Morgan fingerprint density at radius 1 is 1.30 bits per heavy atom. The molecule has 1 amide bonds. The van der Waals surface area contributed by atoms with Crippen LogP contribution < -0.4 is 9.64 Å². The number of nitro groups is 1. The number of ether oxygens (including phenoxy) is 1. The van der Waals surface area contributed by atoms with Crippen molar-refractivity contribution < 1.29 is 14.5 Å². The summed E-state index contributed by atoms with van der Waals surface area (Å²) in [7, 11) is 1.57. The maximum Gasteiger partial charge on any atom is 0.293 e. The van der Waals surface area contributed by atoms with Gasteiger partial charge < -0.3 is 9.64 Å². The first-order valence-corrected chi connectivity index (χ1v) is 7.25. The highest BCUT2D eigenvalue weighted by molar-refractivity contribution is 6.08. The van der Waals surface area contributed by atoms with Crippen LogP contribution in [0.1, 0.15) is 21.5 Å². The van der Waals surface area contributed by atoms with Gasteiger partial charge in [0.15, 0.2) is 0 Å². The smallest absolute Gasteiger partial charge is 0.293 e. The van der Waals surface area contributed by atoms with Gasteiger partial charge in [-0.25, -0.2) is 0 Å². The quantitative estimate of drug-likeness (QED) is 0.645. The molecule has 0 fully saturated rings. The van der Waals surface area contributed by atoms with E-state index in [-0.39, 0.29) is 11.6 Å². The van der Waals surface area contributed by atoms with E-state index in [4.69, 9.17) is 4.74 Å². The van der Waals surface area contributed by atoms with E-state index in [2.05, 4.69) is 0 Å². The Morgan fingerprint density at radius 2 is 2.09 bits per heavy atom. The lowest BCUT2D eigenvalue weighted by Gasteiger charge is -2.18. The van der Waals surface area contributed by atoms with Gasteiger partial charge in [0.25, 0.3) is 11.6 Å². The van der Waals surface area contributed by atoms with Crippen LogP contribution in [0.2, 0.25) is 0 Å². The molecule has 0 N–H and O–H groups in total. The van der Waals surface area contributed by atoms with Gasteiger partial charge in [0.1, 0.15) is 11.4 Å². The number of para-hydroxylation sites is 1. The summed E-state index contributed by atoms with van der Waals surface area (Å²) in [6.07, 6.45) is 0.623. The number of nitro benzene ring substituents is 1. The second-order valence-corrected chi connectivity index (χ2v) is 5.43. The number of amides is 1. The fraction of sp³-hybridized carbons (Fsp3) is 0.235. The molecular weight excluding hydrogens is 296 g/mol. The molecule has 0 aromatic heterocycles. The largest absolute Gasteiger partial charge is 0.496 e. The minimum atomic E-state index is -0.441. The first-order valence-electron chi connectivity index (χ1n) is 7.25. The number of hydrogen-bond acceptors (Lipinski definition) is 4. The van der Waals surface area contributed by atoms with E-state index in [0.29, 0.717) is 30.0 Å². The fourth-order valence-electron chi connectivity index (χ4n) is 2.95. The third-order valence-electron chi connectivity index (χ3n) is 4.06. The molecule has 2 aromatic carbocycles. The maximum atomic E-state index is 12.8. The van der Waals surface area contributed by atoms with Crippen LogP contribution in [0.25, 0.3) is 0 Å². The lowest BCUT2D eigenvalue weighted by atomic mass is 10.1. The molecule has 1 aliphatic rings. The monoisotopic (exact) mass is 312 g/mol. The summed E-state index contributed by atoms with van der Waals surface area (Å²) < 4.78 is 5.20. The third-order valence-corrected chi connectivity index (χ3v) is 4.06. The van der Waals surface area contributed by atoms with E-state index < -0.39 is 4.92 Å². The van der Waals surface area contributed by atoms with Crippen molar-refractivity contribution in [3.63, 3.8) is 0 Å². The number of aryl methyl sites for hydroxylation is 1. The molecule has 118 valence electrons. The van der Waals surface area contributed by atoms with E-state index in [0.717, 1.165) is 11.1 Å². The number of hydrogen-bond donors (Lipinski definition) is 0. The topological polar surface area (TPSA) is 72.7 Å². The van der Waals surface area contributed by atoms with Gasteiger partial charge in [-0.15, -0.1) is 0 Å². The SMILES string of the molecule is COc1ccc(C(=O)N2CCc3cccc([N+](=O)[O-])c32)cc1C. The molecule has 0 unspecified atom stereocenters. The molecule has 23 heavy (non-hydrogen) atoms. The summed E-state index contributed by atoms with van der Waals surface area (Å²) >= 11 is 0. The van der Waals surface area contributed by atoms with Crippen LogP contribution in [0.15, 0.2) is 36.4 Å². The third kappa shape index (κ3) is 2.52. The first kappa shape index (κ1) is 15.0. The molecule has 1 heterocycles. The Bertz CT molecular complexity index is 801. The molecule has 0 atom stereocenters. The molecule has 0 bridgehead atoms. The standard InChI is InChI=1S/C17H16N2O4/c1-11-10-13(6-7-15(11)23-2)17(20)18-9-8-12-4-3-5-14(16(12)18)19(21)22/h3-7,10H,8-9H2,1-2H3. The van der Waals surface area contributed by atoms with Gasteiger partial charge in [-0.1, -0.05) is 12.1 Å². The maximum absolute atomic E-state index is 12.8. The van der Waals surface area contributed by atoms with Crippen LogP contribution in [0.4, 0.5) is 11.4 Å². The van der Waals surface area contributed by atoms with Crippen molar-refractivity contribution in [2.24, 2.45) is 0 Å². The van der Waals surface area contributed by atoms with Crippen molar-refractivity contribution in [2.75, 3.05) is 18.6 Å². The normalized spacial score (nSPS) is 12.9. The fourth-order valence-corrected chi connectivity index (χ4v) is 2.95. The molecule has 6 nitrogen and oxygen atoms in total. The predicted octanol–water partition coefficient (Wildman–Crippen LogP) is 3.11. The van der Waals surface area contributed by atoms with E-state index in [1.54, 1.807) is 31.4 Å². The first-order chi connectivity index (χ1) is 11.0. The molecule has 0 saturated heterocycles. The Morgan fingerprint density at radius 3 is 2.74 bits per heavy atom. The highest BCUT2D eigenvalue weighted by atomic mass is 16.6. The van der Waals surface area contributed by atoms with E-state index >= 15 is 0 Å².